The average molecular weight is 301 g/mol. The van der Waals surface area contributed by atoms with Crippen LogP contribution < -0.4 is 4.90 Å². The van der Waals surface area contributed by atoms with Gasteiger partial charge in [-0.3, -0.25) is 0 Å². The molecule has 1 aliphatic rings. The van der Waals surface area contributed by atoms with Gasteiger partial charge < -0.3 is 10.0 Å². The number of halogens is 3. The molecule has 6 nitrogen and oxygen atoms in total. The predicted molar refractivity (Wildman–Crippen MR) is 67.8 cm³/mol. The van der Waals surface area contributed by atoms with E-state index in [2.05, 4.69) is 15.3 Å². The van der Waals surface area contributed by atoms with Crippen LogP contribution in [0.5, 0.6) is 0 Å². The number of aliphatic hydroxyl groups is 1. The van der Waals surface area contributed by atoms with Crippen molar-refractivity contribution < 1.29 is 18.3 Å². The van der Waals surface area contributed by atoms with E-state index in [0.717, 1.165) is 0 Å². The lowest BCUT2D eigenvalue weighted by atomic mass is 9.82. The Morgan fingerprint density at radius 1 is 1.33 bits per heavy atom. The van der Waals surface area contributed by atoms with Crippen LogP contribution in [0.25, 0.3) is 5.65 Å². The molecule has 0 saturated heterocycles. The molecule has 2 aromatic rings. The highest BCUT2D eigenvalue weighted by atomic mass is 19.4. The van der Waals surface area contributed by atoms with Gasteiger partial charge in [-0.15, -0.1) is 15.3 Å². The maximum absolute atomic E-state index is 12.8. The number of aromatic nitrogens is 4. The molecule has 0 bridgehead atoms. The van der Waals surface area contributed by atoms with E-state index in [1.54, 1.807) is 18.0 Å². The predicted octanol–water partition coefficient (Wildman–Crippen LogP) is 1.35. The summed E-state index contributed by atoms with van der Waals surface area (Å²) < 4.78 is 39.1. The summed E-state index contributed by atoms with van der Waals surface area (Å²) in [6.45, 7) is 0.638. The Labute approximate surface area is 118 Å². The number of rotatable bonds is 3. The molecule has 0 atom stereocenters. The summed E-state index contributed by atoms with van der Waals surface area (Å²) in [5, 5.41) is 19.8. The second kappa shape index (κ2) is 4.83. The van der Waals surface area contributed by atoms with Crippen molar-refractivity contribution in [1.29, 1.82) is 0 Å². The summed E-state index contributed by atoms with van der Waals surface area (Å²) in [5.74, 6) is -0.383. The Bertz CT molecular complexity index is 650. The minimum Gasteiger partial charge on any atom is -0.393 e. The molecule has 1 aliphatic carbocycles. The average Bonchev–Trinajstić information content (AvgIpc) is 2.79. The molecule has 0 amide bonds. The highest BCUT2D eigenvalue weighted by molar-refractivity contribution is 5.45. The number of anilines is 1. The van der Waals surface area contributed by atoms with Crippen molar-refractivity contribution in [3.8, 4) is 0 Å². The van der Waals surface area contributed by atoms with Gasteiger partial charge in [-0.25, -0.2) is 0 Å². The van der Waals surface area contributed by atoms with Crippen molar-refractivity contribution in [1.82, 2.24) is 19.8 Å². The van der Waals surface area contributed by atoms with E-state index in [1.807, 2.05) is 0 Å². The van der Waals surface area contributed by atoms with Crippen molar-refractivity contribution in [2.24, 2.45) is 5.92 Å². The van der Waals surface area contributed by atoms with E-state index in [1.165, 1.54) is 6.07 Å². The Balaban J connectivity index is 1.85. The Morgan fingerprint density at radius 2 is 2.05 bits per heavy atom. The molecule has 9 heteroatoms. The molecule has 2 heterocycles. The fourth-order valence-electron chi connectivity index (χ4n) is 2.49. The molecule has 0 radical (unpaired) electrons. The normalized spacial score (nSPS) is 22.3. The molecule has 114 valence electrons. The third-order valence-corrected chi connectivity index (χ3v) is 3.64. The topological polar surface area (TPSA) is 66.5 Å². The molecule has 1 N–H and O–H groups in total. The number of hydrogen-bond acceptors (Lipinski definition) is 5. The lowest BCUT2D eigenvalue weighted by Gasteiger charge is -2.34. The summed E-state index contributed by atoms with van der Waals surface area (Å²) in [6.07, 6.45) is -3.42. The zero-order chi connectivity index (χ0) is 15.2. The van der Waals surface area contributed by atoms with Crippen LogP contribution in [0.4, 0.5) is 19.0 Å². The summed E-state index contributed by atoms with van der Waals surface area (Å²) in [4.78, 5) is 1.77. The molecule has 1 saturated carbocycles. The lowest BCUT2D eigenvalue weighted by molar-refractivity contribution is -0.146. The SMILES string of the molecule is CN(CC1CC(O)C1)c1ccc2nnc(C(F)(F)F)n2n1. The second-order valence-corrected chi connectivity index (χ2v) is 5.35. The van der Waals surface area contributed by atoms with Gasteiger partial charge in [0.1, 0.15) is 5.82 Å². The van der Waals surface area contributed by atoms with E-state index in [-0.39, 0.29) is 11.8 Å². The maximum atomic E-state index is 12.8. The van der Waals surface area contributed by atoms with Crippen LogP contribution in [-0.4, -0.2) is 44.6 Å². The van der Waals surface area contributed by atoms with Crippen LogP contribution in [0.15, 0.2) is 12.1 Å². The molecular formula is C12H14F3N5O. The van der Waals surface area contributed by atoms with Crippen LogP contribution in [0.3, 0.4) is 0 Å². The van der Waals surface area contributed by atoms with Gasteiger partial charge in [0.2, 0.25) is 0 Å². The maximum Gasteiger partial charge on any atom is 0.453 e. The third kappa shape index (κ3) is 2.65. The van der Waals surface area contributed by atoms with E-state index >= 15 is 0 Å². The number of fused-ring (bicyclic) bond motifs is 1. The number of aliphatic hydroxyl groups excluding tert-OH is 1. The molecule has 0 unspecified atom stereocenters. The Kier molecular flexibility index (Phi) is 3.23. The van der Waals surface area contributed by atoms with Gasteiger partial charge in [-0.1, -0.05) is 0 Å². The second-order valence-electron chi connectivity index (χ2n) is 5.35. The van der Waals surface area contributed by atoms with Gasteiger partial charge in [0, 0.05) is 13.6 Å². The molecule has 0 spiro atoms. The van der Waals surface area contributed by atoms with Gasteiger partial charge in [-0.2, -0.15) is 17.7 Å². The largest absolute Gasteiger partial charge is 0.453 e. The van der Waals surface area contributed by atoms with Gasteiger partial charge in [-0.05, 0) is 30.9 Å². The molecule has 3 rings (SSSR count). The standard InChI is InChI=1S/C12H14F3N5O/c1-19(6-7-4-8(21)5-7)10-3-2-9-16-17-11(12(13,14)15)20(9)18-10/h2-3,7-8,21H,4-6H2,1H3. The number of alkyl halides is 3. The van der Waals surface area contributed by atoms with Crippen molar-refractivity contribution in [3.63, 3.8) is 0 Å². The summed E-state index contributed by atoms with van der Waals surface area (Å²) in [7, 11) is 1.76. The van der Waals surface area contributed by atoms with Crippen molar-refractivity contribution in [3.05, 3.63) is 18.0 Å². The van der Waals surface area contributed by atoms with Crippen LogP contribution in [0.2, 0.25) is 0 Å². The zero-order valence-electron chi connectivity index (χ0n) is 11.2. The first kappa shape index (κ1) is 14.1. The van der Waals surface area contributed by atoms with Gasteiger partial charge in [0.05, 0.1) is 6.10 Å². The molecule has 1 fully saturated rings. The van der Waals surface area contributed by atoms with Crippen molar-refractivity contribution in [2.75, 3.05) is 18.5 Å². The minimum atomic E-state index is -4.60. The Hall–Kier alpha value is -1.90. The van der Waals surface area contributed by atoms with Gasteiger partial charge in [0.15, 0.2) is 5.65 Å². The van der Waals surface area contributed by atoms with Crippen molar-refractivity contribution >= 4 is 11.5 Å². The summed E-state index contributed by atoms with van der Waals surface area (Å²) in [5.41, 5.74) is 0.0542. The first-order valence-corrected chi connectivity index (χ1v) is 6.53. The highest BCUT2D eigenvalue weighted by Crippen LogP contribution is 2.30. The Morgan fingerprint density at radius 3 is 2.67 bits per heavy atom. The van der Waals surface area contributed by atoms with Crippen LogP contribution >= 0.6 is 0 Å². The van der Waals surface area contributed by atoms with E-state index in [9.17, 15) is 18.3 Å². The quantitative estimate of drug-likeness (QED) is 0.927. The van der Waals surface area contributed by atoms with Gasteiger partial charge in [0.25, 0.3) is 5.82 Å². The van der Waals surface area contributed by atoms with E-state index < -0.39 is 12.0 Å². The fourth-order valence-corrected chi connectivity index (χ4v) is 2.49. The van der Waals surface area contributed by atoms with Crippen LogP contribution in [-0.2, 0) is 6.18 Å². The molecule has 2 aromatic heterocycles. The van der Waals surface area contributed by atoms with Crippen LogP contribution in [0.1, 0.15) is 18.7 Å². The first-order valence-electron chi connectivity index (χ1n) is 6.53. The fraction of sp³-hybridized carbons (Fsp3) is 0.583. The first-order chi connectivity index (χ1) is 9.84. The monoisotopic (exact) mass is 301 g/mol. The van der Waals surface area contributed by atoms with Gasteiger partial charge >= 0.3 is 6.18 Å². The number of nitrogens with zero attached hydrogens (tertiary/aromatic N) is 5. The van der Waals surface area contributed by atoms with Crippen molar-refractivity contribution in [2.45, 2.75) is 25.1 Å². The molecule has 0 aliphatic heterocycles. The van der Waals surface area contributed by atoms with E-state index in [4.69, 9.17) is 0 Å². The van der Waals surface area contributed by atoms with E-state index in [0.29, 0.717) is 35.6 Å². The molecular weight excluding hydrogens is 287 g/mol. The molecule has 21 heavy (non-hydrogen) atoms. The third-order valence-electron chi connectivity index (χ3n) is 3.64. The summed E-state index contributed by atoms with van der Waals surface area (Å²) >= 11 is 0. The number of hydrogen-bond donors (Lipinski definition) is 1. The highest BCUT2D eigenvalue weighted by Gasteiger charge is 2.37. The summed E-state index contributed by atoms with van der Waals surface area (Å²) in [6, 6.07) is 3.07. The smallest absolute Gasteiger partial charge is 0.393 e. The molecule has 0 aromatic carbocycles. The van der Waals surface area contributed by atoms with Crippen LogP contribution in [0, 0.1) is 5.92 Å². The lowest BCUT2D eigenvalue weighted by Crippen LogP contribution is -2.37. The zero-order valence-corrected chi connectivity index (χ0v) is 11.2. The minimum absolute atomic E-state index is 0.0542.